The minimum absolute atomic E-state index is 0.00778. The van der Waals surface area contributed by atoms with Crippen LogP contribution in [0.15, 0.2) is 0 Å². The number of carbonyl (C=O) groups excluding carboxylic acids is 1. The van der Waals surface area contributed by atoms with Gasteiger partial charge in [-0.05, 0) is 25.7 Å². The maximum Gasteiger partial charge on any atom is 0.270 e. The summed E-state index contributed by atoms with van der Waals surface area (Å²) >= 11 is 0. The zero-order valence-electron chi connectivity index (χ0n) is 22.9. The molecule has 0 spiro atoms. The quantitative estimate of drug-likeness (QED) is 0.0819. The van der Waals surface area contributed by atoms with E-state index in [1.807, 2.05) is 0 Å². The number of aliphatic hydroxyl groups excluding tert-OH is 1. The van der Waals surface area contributed by atoms with Crippen LogP contribution in [0.25, 0.3) is 0 Å². The third-order valence-corrected chi connectivity index (χ3v) is 8.23. The number of amides is 1. The van der Waals surface area contributed by atoms with Crippen molar-refractivity contribution in [2.45, 2.75) is 166 Å². The Labute approximate surface area is 217 Å². The SMILES string of the molecule is CCCCCCCCCCCC(O)C(CCCCC(=O)NCCCCCCCCCC)S(=O)(=O)O. The number of aliphatic hydroxyl groups is 1. The summed E-state index contributed by atoms with van der Waals surface area (Å²) in [7, 11) is -4.31. The summed E-state index contributed by atoms with van der Waals surface area (Å²) in [5, 5.41) is 12.2. The molecule has 0 heterocycles. The summed E-state index contributed by atoms with van der Waals surface area (Å²) in [6, 6.07) is 0. The molecule has 0 saturated heterocycles. The third-order valence-electron chi connectivity index (χ3n) is 6.91. The molecule has 0 saturated carbocycles. The second-order valence-electron chi connectivity index (χ2n) is 10.3. The fourth-order valence-electron chi connectivity index (χ4n) is 4.60. The number of hydrogen-bond acceptors (Lipinski definition) is 4. The molecule has 0 radical (unpaired) electrons. The molecule has 2 unspecified atom stereocenters. The van der Waals surface area contributed by atoms with Crippen molar-refractivity contribution in [1.29, 1.82) is 0 Å². The number of hydrogen-bond donors (Lipinski definition) is 3. The molecule has 0 bridgehead atoms. The largest absolute Gasteiger partial charge is 0.392 e. The Morgan fingerprint density at radius 1 is 0.657 bits per heavy atom. The van der Waals surface area contributed by atoms with Gasteiger partial charge in [0.2, 0.25) is 5.91 Å². The minimum Gasteiger partial charge on any atom is -0.392 e. The van der Waals surface area contributed by atoms with Gasteiger partial charge in [0.15, 0.2) is 0 Å². The molecule has 0 aromatic heterocycles. The minimum atomic E-state index is -4.31. The number of rotatable bonds is 26. The lowest BCUT2D eigenvalue weighted by Crippen LogP contribution is -2.34. The van der Waals surface area contributed by atoms with Gasteiger partial charge in [-0.15, -0.1) is 0 Å². The molecule has 0 rings (SSSR count). The molecule has 0 aromatic rings. The lowest BCUT2D eigenvalue weighted by molar-refractivity contribution is -0.121. The normalized spacial score (nSPS) is 13.6. The van der Waals surface area contributed by atoms with E-state index in [1.54, 1.807) is 0 Å². The van der Waals surface area contributed by atoms with E-state index < -0.39 is 21.5 Å². The van der Waals surface area contributed by atoms with Crippen molar-refractivity contribution in [1.82, 2.24) is 5.32 Å². The highest BCUT2D eigenvalue weighted by atomic mass is 32.2. The van der Waals surface area contributed by atoms with Crippen LogP contribution in [0.4, 0.5) is 0 Å². The zero-order valence-corrected chi connectivity index (χ0v) is 23.8. The monoisotopic (exact) mass is 519 g/mol. The van der Waals surface area contributed by atoms with Crippen molar-refractivity contribution < 1.29 is 22.9 Å². The summed E-state index contributed by atoms with van der Waals surface area (Å²) in [5.41, 5.74) is 0. The fourth-order valence-corrected chi connectivity index (χ4v) is 5.59. The molecular weight excluding hydrogens is 462 g/mol. The molecule has 0 aliphatic rings. The van der Waals surface area contributed by atoms with Crippen molar-refractivity contribution in [2.75, 3.05) is 6.54 Å². The topological polar surface area (TPSA) is 104 Å². The maximum atomic E-state index is 12.0. The van der Waals surface area contributed by atoms with Crippen LogP contribution in [-0.4, -0.2) is 41.9 Å². The second-order valence-corrected chi connectivity index (χ2v) is 11.9. The molecule has 1 amide bonds. The Balaban J connectivity index is 3.89. The van der Waals surface area contributed by atoms with Gasteiger partial charge in [0.1, 0.15) is 5.25 Å². The lowest BCUT2D eigenvalue weighted by Gasteiger charge is -2.20. The van der Waals surface area contributed by atoms with Gasteiger partial charge < -0.3 is 10.4 Å². The molecule has 0 aromatic carbocycles. The van der Waals surface area contributed by atoms with Crippen molar-refractivity contribution in [2.24, 2.45) is 0 Å². The molecule has 0 fully saturated rings. The predicted molar refractivity (Wildman–Crippen MR) is 147 cm³/mol. The van der Waals surface area contributed by atoms with Crippen molar-refractivity contribution in [3.63, 3.8) is 0 Å². The van der Waals surface area contributed by atoms with E-state index in [4.69, 9.17) is 0 Å². The van der Waals surface area contributed by atoms with Gasteiger partial charge in [0, 0.05) is 13.0 Å². The van der Waals surface area contributed by atoms with Crippen molar-refractivity contribution in [3.8, 4) is 0 Å². The first-order valence-electron chi connectivity index (χ1n) is 14.7. The van der Waals surface area contributed by atoms with Crippen LogP contribution >= 0.6 is 0 Å². The van der Waals surface area contributed by atoms with Crippen LogP contribution in [0.1, 0.15) is 155 Å². The molecule has 210 valence electrons. The summed E-state index contributed by atoms with van der Waals surface area (Å²) in [6.07, 6.45) is 21.1. The summed E-state index contributed by atoms with van der Waals surface area (Å²) < 4.78 is 33.1. The molecular formula is C28H57NO5S. The highest BCUT2D eigenvalue weighted by molar-refractivity contribution is 7.86. The van der Waals surface area contributed by atoms with Crippen LogP contribution in [0.2, 0.25) is 0 Å². The maximum absolute atomic E-state index is 12.0. The van der Waals surface area contributed by atoms with Crippen LogP contribution in [0.5, 0.6) is 0 Å². The first-order valence-corrected chi connectivity index (χ1v) is 16.2. The van der Waals surface area contributed by atoms with Crippen LogP contribution in [0, 0.1) is 0 Å². The van der Waals surface area contributed by atoms with Crippen molar-refractivity contribution in [3.05, 3.63) is 0 Å². The Kier molecular flexibility index (Phi) is 23.3. The smallest absolute Gasteiger partial charge is 0.270 e. The van der Waals surface area contributed by atoms with Crippen LogP contribution in [-0.2, 0) is 14.9 Å². The Morgan fingerprint density at radius 3 is 1.57 bits per heavy atom. The van der Waals surface area contributed by atoms with Gasteiger partial charge in [-0.3, -0.25) is 9.35 Å². The molecule has 3 N–H and O–H groups in total. The van der Waals surface area contributed by atoms with E-state index in [1.165, 1.54) is 77.0 Å². The van der Waals surface area contributed by atoms with E-state index in [-0.39, 0.29) is 12.3 Å². The van der Waals surface area contributed by atoms with Crippen molar-refractivity contribution >= 4 is 16.0 Å². The molecule has 2 atom stereocenters. The predicted octanol–water partition coefficient (Wildman–Crippen LogP) is 7.34. The van der Waals surface area contributed by atoms with Gasteiger partial charge in [-0.25, -0.2) is 0 Å². The third kappa shape index (κ3) is 22.3. The standard InChI is InChI=1S/C28H57NO5S/c1-3-5-7-9-11-13-14-16-18-22-26(30)27(35(32,33)34)23-19-20-24-28(31)29-25-21-17-15-12-10-8-6-4-2/h26-27,30H,3-25H2,1-2H3,(H,29,31)(H,32,33,34). The van der Waals surface area contributed by atoms with Gasteiger partial charge in [-0.1, -0.05) is 123 Å². The van der Waals surface area contributed by atoms with E-state index in [0.29, 0.717) is 32.2 Å². The molecule has 0 aliphatic carbocycles. The second kappa shape index (κ2) is 23.7. The molecule has 35 heavy (non-hydrogen) atoms. The molecule has 7 heteroatoms. The average Bonchev–Trinajstić information content (AvgIpc) is 2.81. The summed E-state index contributed by atoms with van der Waals surface area (Å²) in [6.45, 7) is 5.12. The fraction of sp³-hybridized carbons (Fsp3) is 0.964. The van der Waals surface area contributed by atoms with E-state index >= 15 is 0 Å². The summed E-state index contributed by atoms with van der Waals surface area (Å²) in [5.74, 6) is -0.00778. The van der Waals surface area contributed by atoms with Gasteiger partial charge in [-0.2, -0.15) is 8.42 Å². The molecule has 6 nitrogen and oxygen atoms in total. The highest BCUT2D eigenvalue weighted by Crippen LogP contribution is 2.19. The average molecular weight is 520 g/mol. The Morgan fingerprint density at radius 2 is 1.09 bits per heavy atom. The van der Waals surface area contributed by atoms with Gasteiger partial charge >= 0.3 is 0 Å². The number of nitrogens with one attached hydrogen (secondary N) is 1. The lowest BCUT2D eigenvalue weighted by atomic mass is 10.0. The zero-order chi connectivity index (χ0) is 26.2. The first-order chi connectivity index (χ1) is 16.8. The summed E-state index contributed by atoms with van der Waals surface area (Å²) in [4.78, 5) is 12.0. The van der Waals surface area contributed by atoms with E-state index in [2.05, 4.69) is 19.2 Å². The van der Waals surface area contributed by atoms with E-state index in [0.717, 1.165) is 32.1 Å². The first kappa shape index (κ1) is 34.3. The van der Waals surface area contributed by atoms with E-state index in [9.17, 15) is 22.9 Å². The highest BCUT2D eigenvalue weighted by Gasteiger charge is 2.30. The number of unbranched alkanes of at least 4 members (excludes halogenated alkanes) is 16. The van der Waals surface area contributed by atoms with Gasteiger partial charge in [0.25, 0.3) is 10.1 Å². The Hall–Kier alpha value is -0.660. The van der Waals surface area contributed by atoms with Crippen LogP contribution in [0.3, 0.4) is 0 Å². The van der Waals surface area contributed by atoms with Gasteiger partial charge in [0.05, 0.1) is 6.10 Å². The Bertz CT molecular complexity index is 582. The van der Waals surface area contributed by atoms with Crippen LogP contribution < -0.4 is 5.32 Å². The number of carbonyl (C=O) groups is 1. The molecule has 0 aliphatic heterocycles.